The van der Waals surface area contributed by atoms with Gasteiger partial charge >= 0.3 is 0 Å². The standard InChI is InChI=1S/C22H25N6OP/c23-13-19-21(16-10-11-20(25-14-16)29-18-8-4-1-5-9-18)26-28(22(19)24)17-7-3-2-6-12-27(30)15-17/h1,4-5,8-11,14,17H,2-3,6-7,12,15,24,30H2. The lowest BCUT2D eigenvalue weighted by molar-refractivity contribution is 0.297. The van der Waals surface area contributed by atoms with Gasteiger partial charge in [-0.25, -0.2) is 9.67 Å². The predicted molar refractivity (Wildman–Crippen MR) is 120 cm³/mol. The fourth-order valence-electron chi connectivity index (χ4n) is 3.75. The van der Waals surface area contributed by atoms with E-state index in [2.05, 4.69) is 25.1 Å². The summed E-state index contributed by atoms with van der Waals surface area (Å²) in [6.45, 7) is 1.87. The van der Waals surface area contributed by atoms with Crippen LogP contribution in [0.2, 0.25) is 0 Å². The van der Waals surface area contributed by atoms with E-state index >= 15 is 0 Å². The van der Waals surface area contributed by atoms with Crippen molar-refractivity contribution in [2.45, 2.75) is 31.7 Å². The minimum absolute atomic E-state index is 0.136. The van der Waals surface area contributed by atoms with Crippen LogP contribution >= 0.6 is 9.39 Å². The number of nitriles is 1. The second-order valence-corrected chi connectivity index (χ2v) is 8.19. The number of hydrogen-bond donors (Lipinski definition) is 1. The van der Waals surface area contributed by atoms with Crippen molar-refractivity contribution in [3.8, 4) is 29.0 Å². The van der Waals surface area contributed by atoms with E-state index in [1.807, 2.05) is 41.1 Å². The maximum Gasteiger partial charge on any atom is 0.219 e. The molecule has 0 radical (unpaired) electrons. The molecule has 1 aromatic carbocycles. The van der Waals surface area contributed by atoms with Gasteiger partial charge in [-0.15, -0.1) is 0 Å². The van der Waals surface area contributed by atoms with Gasteiger partial charge in [-0.1, -0.05) is 40.4 Å². The summed E-state index contributed by atoms with van der Waals surface area (Å²) in [6, 6.07) is 15.5. The van der Waals surface area contributed by atoms with Crippen LogP contribution in [0.5, 0.6) is 11.6 Å². The third-order valence-corrected chi connectivity index (χ3v) is 5.78. The van der Waals surface area contributed by atoms with Gasteiger partial charge in [0.1, 0.15) is 28.9 Å². The van der Waals surface area contributed by atoms with E-state index in [0.29, 0.717) is 23.0 Å². The molecule has 1 aliphatic rings. The topological polar surface area (TPSA) is 93.0 Å². The number of aromatic nitrogens is 3. The average Bonchev–Trinajstić information content (AvgIpc) is 3.08. The minimum Gasteiger partial charge on any atom is -0.439 e. The highest BCUT2D eigenvalue weighted by Gasteiger charge is 2.24. The number of ether oxygens (including phenoxy) is 1. The second kappa shape index (κ2) is 9.25. The Bertz CT molecular complexity index is 1030. The molecule has 3 heterocycles. The summed E-state index contributed by atoms with van der Waals surface area (Å²) in [4.78, 5) is 4.38. The van der Waals surface area contributed by atoms with Crippen molar-refractivity contribution in [3.05, 3.63) is 54.2 Å². The average molecular weight is 420 g/mol. The van der Waals surface area contributed by atoms with E-state index in [1.54, 1.807) is 12.3 Å². The Hall–Kier alpha value is -2.94. The maximum atomic E-state index is 9.73. The Kier molecular flexibility index (Phi) is 6.27. The van der Waals surface area contributed by atoms with E-state index in [0.717, 1.165) is 37.2 Å². The molecule has 4 rings (SSSR count). The van der Waals surface area contributed by atoms with Gasteiger partial charge < -0.3 is 10.5 Å². The molecule has 7 nitrogen and oxygen atoms in total. The van der Waals surface area contributed by atoms with Crippen LogP contribution in [0.4, 0.5) is 5.82 Å². The molecule has 0 amide bonds. The molecule has 30 heavy (non-hydrogen) atoms. The molecule has 0 aliphatic carbocycles. The van der Waals surface area contributed by atoms with Crippen molar-refractivity contribution >= 4 is 15.2 Å². The number of hydrogen-bond acceptors (Lipinski definition) is 6. The first-order valence-electron chi connectivity index (χ1n) is 10.1. The Morgan fingerprint density at radius 1 is 1.13 bits per heavy atom. The van der Waals surface area contributed by atoms with Gasteiger partial charge in [0, 0.05) is 30.9 Å². The largest absolute Gasteiger partial charge is 0.439 e. The molecule has 2 N–H and O–H groups in total. The van der Waals surface area contributed by atoms with Gasteiger partial charge in [-0.05, 0) is 31.0 Å². The number of anilines is 1. The predicted octanol–water partition coefficient (Wildman–Crippen LogP) is 4.40. The van der Waals surface area contributed by atoms with E-state index in [-0.39, 0.29) is 6.04 Å². The molecule has 2 atom stereocenters. The Morgan fingerprint density at radius 3 is 2.70 bits per heavy atom. The van der Waals surface area contributed by atoms with Crippen molar-refractivity contribution in [1.29, 1.82) is 5.26 Å². The van der Waals surface area contributed by atoms with Gasteiger partial charge in [0.05, 0.1) is 6.04 Å². The number of nitrogen functional groups attached to an aromatic ring is 1. The molecule has 2 unspecified atom stereocenters. The lowest BCUT2D eigenvalue weighted by atomic mass is 10.1. The monoisotopic (exact) mass is 420 g/mol. The van der Waals surface area contributed by atoms with Gasteiger partial charge in [-0.2, -0.15) is 10.4 Å². The molecule has 0 saturated carbocycles. The number of rotatable bonds is 4. The normalized spacial score (nSPS) is 17.7. The fraction of sp³-hybridized carbons (Fsp3) is 0.318. The zero-order valence-corrected chi connectivity index (χ0v) is 17.9. The quantitative estimate of drug-likeness (QED) is 0.629. The third-order valence-electron chi connectivity index (χ3n) is 5.31. The van der Waals surface area contributed by atoms with Crippen LogP contribution in [0.15, 0.2) is 48.7 Å². The maximum absolute atomic E-state index is 9.73. The first kappa shape index (κ1) is 20.3. The number of nitrogens with two attached hydrogens (primary N) is 1. The van der Waals surface area contributed by atoms with Crippen LogP contribution in [0, 0.1) is 11.3 Å². The molecular formula is C22H25N6OP. The first-order valence-corrected chi connectivity index (χ1v) is 10.6. The number of para-hydroxylation sites is 1. The highest BCUT2D eigenvalue weighted by atomic mass is 31.0. The second-order valence-electron chi connectivity index (χ2n) is 7.46. The Labute approximate surface area is 178 Å². The fourth-order valence-corrected chi connectivity index (χ4v) is 4.18. The zero-order valence-electron chi connectivity index (χ0n) is 16.7. The summed E-state index contributed by atoms with van der Waals surface area (Å²) in [6.07, 6.45) is 6.18. The van der Waals surface area contributed by atoms with Crippen LogP contribution in [-0.2, 0) is 0 Å². The van der Waals surface area contributed by atoms with Crippen LogP contribution in [0.3, 0.4) is 0 Å². The molecule has 0 bridgehead atoms. The van der Waals surface area contributed by atoms with Crippen LogP contribution in [-0.4, -0.2) is 32.5 Å². The first-order chi connectivity index (χ1) is 14.7. The van der Waals surface area contributed by atoms with E-state index in [4.69, 9.17) is 15.6 Å². The lowest BCUT2D eigenvalue weighted by Gasteiger charge is -2.27. The molecule has 1 saturated heterocycles. The molecule has 8 heteroatoms. The Morgan fingerprint density at radius 2 is 1.97 bits per heavy atom. The summed E-state index contributed by atoms with van der Waals surface area (Å²) in [5.41, 5.74) is 8.06. The zero-order chi connectivity index (χ0) is 20.9. The Balaban J connectivity index is 1.61. The third kappa shape index (κ3) is 4.46. The van der Waals surface area contributed by atoms with E-state index in [1.165, 1.54) is 12.8 Å². The van der Waals surface area contributed by atoms with Gasteiger partial charge in [-0.3, -0.25) is 4.67 Å². The van der Waals surface area contributed by atoms with Crippen molar-refractivity contribution in [2.75, 3.05) is 18.8 Å². The lowest BCUT2D eigenvalue weighted by Crippen LogP contribution is -2.27. The van der Waals surface area contributed by atoms with Crippen LogP contribution in [0.25, 0.3) is 11.3 Å². The van der Waals surface area contributed by atoms with Crippen LogP contribution < -0.4 is 10.5 Å². The van der Waals surface area contributed by atoms with Crippen molar-refractivity contribution in [2.24, 2.45) is 0 Å². The minimum atomic E-state index is 0.136. The highest BCUT2D eigenvalue weighted by Crippen LogP contribution is 2.32. The summed E-state index contributed by atoms with van der Waals surface area (Å²) >= 11 is 0. The summed E-state index contributed by atoms with van der Waals surface area (Å²) < 4.78 is 9.81. The molecule has 154 valence electrons. The molecule has 2 aromatic heterocycles. The van der Waals surface area contributed by atoms with E-state index < -0.39 is 0 Å². The summed E-state index contributed by atoms with van der Waals surface area (Å²) in [7, 11) is 2.79. The van der Waals surface area contributed by atoms with E-state index in [9.17, 15) is 5.26 Å². The van der Waals surface area contributed by atoms with Crippen molar-refractivity contribution in [1.82, 2.24) is 19.4 Å². The van der Waals surface area contributed by atoms with Crippen LogP contribution in [0.1, 0.15) is 37.3 Å². The molecule has 0 spiro atoms. The number of nitrogens with zero attached hydrogens (tertiary/aromatic N) is 5. The molecular weight excluding hydrogens is 395 g/mol. The van der Waals surface area contributed by atoms with Gasteiger partial charge in [0.2, 0.25) is 5.88 Å². The van der Waals surface area contributed by atoms with Crippen molar-refractivity contribution < 1.29 is 4.74 Å². The molecule has 3 aromatic rings. The summed E-state index contributed by atoms with van der Waals surface area (Å²) in [5, 5.41) is 14.5. The number of benzene rings is 1. The number of pyridine rings is 1. The summed E-state index contributed by atoms with van der Waals surface area (Å²) in [5.74, 6) is 1.62. The van der Waals surface area contributed by atoms with Gasteiger partial charge in [0.15, 0.2) is 0 Å². The van der Waals surface area contributed by atoms with Gasteiger partial charge in [0.25, 0.3) is 0 Å². The molecule has 1 aliphatic heterocycles. The SMILES string of the molecule is N#Cc1c(-c2ccc(Oc3ccccc3)nc2)nn(C2CCCCCN(P)C2)c1N. The van der Waals surface area contributed by atoms with Crippen molar-refractivity contribution in [3.63, 3.8) is 0 Å². The highest BCUT2D eigenvalue weighted by molar-refractivity contribution is 7.13. The molecule has 1 fully saturated rings. The smallest absolute Gasteiger partial charge is 0.219 e.